The SMILES string of the molecule is O=c1c2[nH]ccc2ncn1CC1CCOCC1. The van der Waals surface area contributed by atoms with Gasteiger partial charge in [0.25, 0.3) is 5.56 Å². The van der Waals surface area contributed by atoms with E-state index in [4.69, 9.17) is 4.74 Å². The highest BCUT2D eigenvalue weighted by atomic mass is 16.5. The normalized spacial score (nSPS) is 17.6. The molecule has 0 spiro atoms. The molecular formula is C12H15N3O2. The lowest BCUT2D eigenvalue weighted by atomic mass is 10.0. The second-order valence-corrected chi connectivity index (χ2v) is 4.50. The molecule has 1 saturated heterocycles. The zero-order valence-corrected chi connectivity index (χ0v) is 9.56. The fourth-order valence-corrected chi connectivity index (χ4v) is 2.31. The van der Waals surface area contributed by atoms with Crippen LogP contribution in [0.4, 0.5) is 0 Å². The van der Waals surface area contributed by atoms with Crippen LogP contribution in [0.25, 0.3) is 11.0 Å². The second kappa shape index (κ2) is 4.33. The van der Waals surface area contributed by atoms with Crippen molar-refractivity contribution in [2.75, 3.05) is 13.2 Å². The highest BCUT2D eigenvalue weighted by Crippen LogP contribution is 2.16. The van der Waals surface area contributed by atoms with Gasteiger partial charge in [-0.2, -0.15) is 0 Å². The maximum atomic E-state index is 12.1. The van der Waals surface area contributed by atoms with Gasteiger partial charge in [-0.15, -0.1) is 0 Å². The summed E-state index contributed by atoms with van der Waals surface area (Å²) in [6, 6.07) is 1.82. The first-order valence-electron chi connectivity index (χ1n) is 5.95. The van der Waals surface area contributed by atoms with Crippen LogP contribution in [0, 0.1) is 5.92 Å². The Hall–Kier alpha value is -1.62. The molecule has 0 atom stereocenters. The molecule has 0 aromatic carbocycles. The Morgan fingerprint density at radius 3 is 3.12 bits per heavy atom. The molecule has 0 unspecified atom stereocenters. The number of hydrogen-bond donors (Lipinski definition) is 1. The minimum atomic E-state index is 0.0199. The quantitative estimate of drug-likeness (QED) is 0.846. The summed E-state index contributed by atoms with van der Waals surface area (Å²) in [5.74, 6) is 0.524. The summed E-state index contributed by atoms with van der Waals surface area (Å²) >= 11 is 0. The summed E-state index contributed by atoms with van der Waals surface area (Å²) < 4.78 is 7.02. The van der Waals surface area contributed by atoms with Crippen molar-refractivity contribution in [3.05, 3.63) is 28.9 Å². The average Bonchev–Trinajstić information content (AvgIpc) is 2.83. The second-order valence-electron chi connectivity index (χ2n) is 4.50. The van der Waals surface area contributed by atoms with E-state index in [1.54, 1.807) is 17.1 Å². The fraction of sp³-hybridized carbons (Fsp3) is 0.500. The minimum Gasteiger partial charge on any atom is -0.381 e. The summed E-state index contributed by atoms with van der Waals surface area (Å²) in [5, 5.41) is 0. The molecule has 0 amide bonds. The lowest BCUT2D eigenvalue weighted by Crippen LogP contribution is -2.27. The Bertz CT molecular complexity index is 566. The monoisotopic (exact) mass is 233 g/mol. The molecule has 0 aliphatic carbocycles. The van der Waals surface area contributed by atoms with Crippen molar-refractivity contribution in [1.29, 1.82) is 0 Å². The van der Waals surface area contributed by atoms with E-state index < -0.39 is 0 Å². The van der Waals surface area contributed by atoms with E-state index in [-0.39, 0.29) is 5.56 Å². The van der Waals surface area contributed by atoms with Gasteiger partial charge in [-0.3, -0.25) is 9.36 Å². The molecule has 5 nitrogen and oxygen atoms in total. The third kappa shape index (κ3) is 1.98. The molecule has 1 N–H and O–H groups in total. The van der Waals surface area contributed by atoms with Gasteiger partial charge < -0.3 is 9.72 Å². The van der Waals surface area contributed by atoms with Gasteiger partial charge in [0.2, 0.25) is 0 Å². The lowest BCUT2D eigenvalue weighted by molar-refractivity contribution is 0.0609. The topological polar surface area (TPSA) is 59.9 Å². The number of aromatic nitrogens is 3. The molecule has 0 saturated carbocycles. The summed E-state index contributed by atoms with van der Waals surface area (Å²) in [6.45, 7) is 2.35. The van der Waals surface area contributed by atoms with E-state index in [1.807, 2.05) is 6.07 Å². The smallest absolute Gasteiger partial charge is 0.277 e. The molecule has 90 valence electrons. The van der Waals surface area contributed by atoms with Crippen LogP contribution in [-0.2, 0) is 11.3 Å². The van der Waals surface area contributed by atoms with Crippen molar-refractivity contribution in [1.82, 2.24) is 14.5 Å². The van der Waals surface area contributed by atoms with Crippen LogP contribution in [0.1, 0.15) is 12.8 Å². The van der Waals surface area contributed by atoms with Gasteiger partial charge in [0, 0.05) is 26.0 Å². The number of nitrogens with zero attached hydrogens (tertiary/aromatic N) is 2. The number of hydrogen-bond acceptors (Lipinski definition) is 3. The Morgan fingerprint density at radius 2 is 2.29 bits per heavy atom. The van der Waals surface area contributed by atoms with Crippen LogP contribution < -0.4 is 5.56 Å². The van der Waals surface area contributed by atoms with Crippen molar-refractivity contribution in [2.45, 2.75) is 19.4 Å². The maximum Gasteiger partial charge on any atom is 0.277 e. The highest BCUT2D eigenvalue weighted by Gasteiger charge is 2.15. The molecule has 17 heavy (non-hydrogen) atoms. The molecule has 1 fully saturated rings. The number of nitrogens with one attached hydrogen (secondary N) is 1. The van der Waals surface area contributed by atoms with Crippen LogP contribution in [0.5, 0.6) is 0 Å². The summed E-state index contributed by atoms with van der Waals surface area (Å²) in [4.78, 5) is 19.3. The number of ether oxygens (including phenoxy) is 1. The number of H-pyrrole nitrogens is 1. The fourth-order valence-electron chi connectivity index (χ4n) is 2.31. The Labute approximate surface area is 98.4 Å². The van der Waals surface area contributed by atoms with Gasteiger partial charge in [-0.05, 0) is 24.8 Å². The summed E-state index contributed by atoms with van der Waals surface area (Å²) in [5.41, 5.74) is 1.35. The first-order valence-corrected chi connectivity index (χ1v) is 5.95. The lowest BCUT2D eigenvalue weighted by Gasteiger charge is -2.22. The molecule has 0 radical (unpaired) electrons. The van der Waals surface area contributed by atoms with Crippen molar-refractivity contribution < 1.29 is 4.74 Å². The van der Waals surface area contributed by atoms with Gasteiger partial charge in [0.15, 0.2) is 0 Å². The van der Waals surface area contributed by atoms with E-state index in [2.05, 4.69) is 9.97 Å². The molecule has 2 aromatic rings. The average molecular weight is 233 g/mol. The van der Waals surface area contributed by atoms with E-state index in [0.717, 1.165) is 38.1 Å². The summed E-state index contributed by atoms with van der Waals surface area (Å²) in [7, 11) is 0. The van der Waals surface area contributed by atoms with Crippen molar-refractivity contribution >= 4 is 11.0 Å². The third-order valence-electron chi connectivity index (χ3n) is 3.33. The molecule has 1 aliphatic rings. The van der Waals surface area contributed by atoms with Gasteiger partial charge in [0.05, 0.1) is 11.8 Å². The van der Waals surface area contributed by atoms with E-state index in [1.165, 1.54) is 0 Å². The zero-order valence-electron chi connectivity index (χ0n) is 9.56. The highest BCUT2D eigenvalue weighted by molar-refractivity contribution is 5.73. The van der Waals surface area contributed by atoms with Gasteiger partial charge in [0.1, 0.15) is 5.52 Å². The van der Waals surface area contributed by atoms with E-state index in [9.17, 15) is 4.79 Å². The largest absolute Gasteiger partial charge is 0.381 e. The van der Waals surface area contributed by atoms with Gasteiger partial charge in [-0.1, -0.05) is 0 Å². The van der Waals surface area contributed by atoms with E-state index in [0.29, 0.717) is 11.4 Å². The van der Waals surface area contributed by atoms with Gasteiger partial charge >= 0.3 is 0 Å². The van der Waals surface area contributed by atoms with Crippen LogP contribution in [0.3, 0.4) is 0 Å². The number of aromatic amines is 1. The van der Waals surface area contributed by atoms with Gasteiger partial charge in [-0.25, -0.2) is 4.98 Å². The number of rotatable bonds is 2. The van der Waals surface area contributed by atoms with Crippen LogP contribution >= 0.6 is 0 Å². The molecule has 5 heteroatoms. The maximum absolute atomic E-state index is 12.1. The predicted molar refractivity (Wildman–Crippen MR) is 63.9 cm³/mol. The minimum absolute atomic E-state index is 0.0199. The first kappa shape index (κ1) is 10.5. The Kier molecular flexibility index (Phi) is 2.68. The van der Waals surface area contributed by atoms with Crippen LogP contribution in [0.2, 0.25) is 0 Å². The van der Waals surface area contributed by atoms with E-state index >= 15 is 0 Å². The zero-order chi connectivity index (χ0) is 11.7. The molecule has 2 aromatic heterocycles. The van der Waals surface area contributed by atoms with Crippen molar-refractivity contribution in [2.24, 2.45) is 5.92 Å². The molecule has 1 aliphatic heterocycles. The van der Waals surface area contributed by atoms with Crippen LogP contribution in [-0.4, -0.2) is 27.7 Å². The first-order chi connectivity index (χ1) is 8.34. The number of fused-ring (bicyclic) bond motifs is 1. The molecule has 3 rings (SSSR count). The predicted octanol–water partition coefficient (Wildman–Crippen LogP) is 1.15. The standard InChI is InChI=1S/C12H15N3O2/c16-12-11-10(1-4-13-11)14-8-15(12)7-9-2-5-17-6-3-9/h1,4,8-9,13H,2-3,5-7H2. The van der Waals surface area contributed by atoms with Crippen molar-refractivity contribution in [3.8, 4) is 0 Å². The Morgan fingerprint density at radius 1 is 1.47 bits per heavy atom. The molecule has 0 bridgehead atoms. The molecular weight excluding hydrogens is 218 g/mol. The van der Waals surface area contributed by atoms with Crippen LogP contribution in [0.15, 0.2) is 23.4 Å². The van der Waals surface area contributed by atoms with Crippen molar-refractivity contribution in [3.63, 3.8) is 0 Å². The third-order valence-corrected chi connectivity index (χ3v) is 3.33. The molecule has 3 heterocycles. The Balaban J connectivity index is 1.89. The summed E-state index contributed by atoms with van der Waals surface area (Å²) in [6.07, 6.45) is 5.44.